The second kappa shape index (κ2) is 8.27. The molecule has 1 heterocycles. The molecule has 0 spiro atoms. The van der Waals surface area contributed by atoms with Gasteiger partial charge < -0.3 is 4.74 Å². The Morgan fingerprint density at radius 1 is 1.10 bits per heavy atom. The van der Waals surface area contributed by atoms with Crippen molar-refractivity contribution in [2.75, 3.05) is 7.11 Å². The number of ether oxygens (including phenoxy) is 1. The van der Waals surface area contributed by atoms with Gasteiger partial charge in [-0.05, 0) is 86.5 Å². The molecule has 0 aliphatic heterocycles. The molecule has 0 amide bonds. The summed E-state index contributed by atoms with van der Waals surface area (Å²) >= 11 is 1.73. The Kier molecular flexibility index (Phi) is 6.13. The smallest absolute Gasteiger partial charge is 0.311 e. The Labute approximate surface area is 178 Å². The third-order valence-corrected chi connectivity index (χ3v) is 6.66. The number of rotatable bonds is 6. The molecule has 0 saturated carbocycles. The van der Waals surface area contributed by atoms with Crippen LogP contribution in [0, 0.1) is 19.3 Å². The normalized spacial score (nSPS) is 12.0. The molecule has 1 aromatic heterocycles. The van der Waals surface area contributed by atoms with E-state index >= 15 is 0 Å². The van der Waals surface area contributed by atoms with Gasteiger partial charge in [-0.2, -0.15) is 0 Å². The lowest BCUT2D eigenvalue weighted by molar-refractivity contribution is -0.150. The number of methoxy groups -OCH3 is 1. The number of carbonyl (C=O) groups excluding carboxylic acids is 1. The van der Waals surface area contributed by atoms with Crippen LogP contribution in [0.15, 0.2) is 47.4 Å². The van der Waals surface area contributed by atoms with E-state index in [1.54, 1.807) is 11.9 Å². The van der Waals surface area contributed by atoms with Gasteiger partial charge in [-0.1, -0.05) is 32.0 Å². The SMILES string of the molecule is COC(=O)C(C)(C)Cc1cc2cc(C(C)C)ccc2n1Sc1cc(C)ccc1C. The van der Waals surface area contributed by atoms with Crippen LogP contribution in [0.25, 0.3) is 10.9 Å². The van der Waals surface area contributed by atoms with Crippen LogP contribution in [0.1, 0.15) is 56.0 Å². The Morgan fingerprint density at radius 2 is 1.83 bits per heavy atom. The van der Waals surface area contributed by atoms with Crippen molar-refractivity contribution < 1.29 is 9.53 Å². The van der Waals surface area contributed by atoms with Gasteiger partial charge in [0.1, 0.15) is 0 Å². The Morgan fingerprint density at radius 3 is 2.48 bits per heavy atom. The largest absolute Gasteiger partial charge is 0.469 e. The summed E-state index contributed by atoms with van der Waals surface area (Å²) in [4.78, 5) is 13.6. The summed E-state index contributed by atoms with van der Waals surface area (Å²) in [6.45, 7) is 12.6. The highest BCUT2D eigenvalue weighted by atomic mass is 32.2. The van der Waals surface area contributed by atoms with Crippen LogP contribution in [0.5, 0.6) is 0 Å². The summed E-state index contributed by atoms with van der Waals surface area (Å²) in [5.74, 6) is 0.290. The molecule has 2 aromatic carbocycles. The van der Waals surface area contributed by atoms with Crippen LogP contribution >= 0.6 is 11.9 Å². The van der Waals surface area contributed by atoms with E-state index in [4.69, 9.17) is 4.74 Å². The number of fused-ring (bicyclic) bond motifs is 1. The molecule has 0 radical (unpaired) electrons. The quantitative estimate of drug-likeness (QED) is 0.426. The number of benzene rings is 2. The van der Waals surface area contributed by atoms with Crippen molar-refractivity contribution in [1.82, 2.24) is 3.97 Å². The molecule has 3 rings (SSSR count). The fourth-order valence-corrected chi connectivity index (χ4v) is 4.71. The zero-order valence-corrected chi connectivity index (χ0v) is 19.3. The van der Waals surface area contributed by atoms with Gasteiger partial charge in [0.15, 0.2) is 0 Å². The van der Waals surface area contributed by atoms with E-state index in [0.717, 1.165) is 5.69 Å². The fourth-order valence-electron chi connectivity index (χ4n) is 3.56. The lowest BCUT2D eigenvalue weighted by atomic mass is 9.88. The lowest BCUT2D eigenvalue weighted by Crippen LogP contribution is -2.28. The average Bonchev–Trinajstić information content (AvgIpc) is 2.99. The highest BCUT2D eigenvalue weighted by Crippen LogP contribution is 2.36. The molecule has 154 valence electrons. The molecule has 0 atom stereocenters. The van der Waals surface area contributed by atoms with Crippen LogP contribution in [0.4, 0.5) is 0 Å². The third-order valence-electron chi connectivity index (χ3n) is 5.41. The van der Waals surface area contributed by atoms with Gasteiger partial charge in [-0.15, -0.1) is 0 Å². The van der Waals surface area contributed by atoms with Crippen molar-refractivity contribution in [3.63, 3.8) is 0 Å². The molecule has 0 aliphatic carbocycles. The minimum absolute atomic E-state index is 0.186. The summed E-state index contributed by atoms with van der Waals surface area (Å²) in [6.07, 6.45) is 0.614. The predicted molar refractivity (Wildman–Crippen MR) is 123 cm³/mol. The number of aromatic nitrogens is 1. The van der Waals surface area contributed by atoms with Gasteiger partial charge in [-0.25, -0.2) is 0 Å². The first-order valence-corrected chi connectivity index (χ1v) is 10.9. The van der Waals surface area contributed by atoms with Gasteiger partial charge in [-0.3, -0.25) is 8.77 Å². The maximum Gasteiger partial charge on any atom is 0.311 e. The van der Waals surface area contributed by atoms with Gasteiger partial charge in [0, 0.05) is 22.4 Å². The molecule has 0 fully saturated rings. The molecule has 0 N–H and O–H groups in total. The Balaban J connectivity index is 2.13. The number of hydrogen-bond donors (Lipinski definition) is 0. The van der Waals surface area contributed by atoms with Crippen molar-refractivity contribution >= 4 is 28.8 Å². The zero-order chi connectivity index (χ0) is 21.3. The van der Waals surface area contributed by atoms with Gasteiger partial charge in [0.25, 0.3) is 0 Å². The molecule has 4 heteroatoms. The van der Waals surface area contributed by atoms with Crippen LogP contribution in [-0.4, -0.2) is 17.1 Å². The fraction of sp³-hybridized carbons (Fsp3) is 0.400. The lowest BCUT2D eigenvalue weighted by Gasteiger charge is -2.22. The van der Waals surface area contributed by atoms with Crippen LogP contribution in [0.3, 0.4) is 0 Å². The summed E-state index contributed by atoms with van der Waals surface area (Å²) in [5.41, 5.74) is 5.53. The van der Waals surface area contributed by atoms with Crippen molar-refractivity contribution in [2.45, 2.75) is 58.8 Å². The van der Waals surface area contributed by atoms with E-state index in [1.807, 2.05) is 13.8 Å². The number of carbonyl (C=O) groups is 1. The molecule has 3 nitrogen and oxygen atoms in total. The van der Waals surface area contributed by atoms with E-state index in [0.29, 0.717) is 12.3 Å². The Bertz CT molecular complexity index is 1050. The maximum absolute atomic E-state index is 12.3. The van der Waals surface area contributed by atoms with E-state index < -0.39 is 5.41 Å². The van der Waals surface area contributed by atoms with Crippen molar-refractivity contribution in [3.05, 3.63) is 64.8 Å². The third kappa shape index (κ3) is 4.53. The first-order chi connectivity index (χ1) is 13.6. The number of nitrogens with zero attached hydrogens (tertiary/aromatic N) is 1. The zero-order valence-electron chi connectivity index (χ0n) is 18.5. The summed E-state index contributed by atoms with van der Waals surface area (Å²) in [6, 6.07) is 15.4. The highest BCUT2D eigenvalue weighted by Gasteiger charge is 2.31. The molecule has 29 heavy (non-hydrogen) atoms. The van der Waals surface area contributed by atoms with Crippen LogP contribution in [0.2, 0.25) is 0 Å². The van der Waals surface area contributed by atoms with Crippen molar-refractivity contribution in [3.8, 4) is 0 Å². The topological polar surface area (TPSA) is 31.2 Å². The van der Waals surface area contributed by atoms with Gasteiger partial charge in [0.05, 0.1) is 18.0 Å². The maximum atomic E-state index is 12.3. The predicted octanol–water partition coefficient (Wildman–Crippen LogP) is 6.68. The number of hydrogen-bond acceptors (Lipinski definition) is 3. The first kappa shape index (κ1) is 21.5. The second-order valence-electron chi connectivity index (χ2n) is 8.82. The summed E-state index contributed by atoms with van der Waals surface area (Å²) in [5, 5.41) is 1.21. The number of esters is 1. The first-order valence-electron chi connectivity index (χ1n) is 10.1. The van der Waals surface area contributed by atoms with Gasteiger partial charge in [0.2, 0.25) is 0 Å². The van der Waals surface area contributed by atoms with Crippen molar-refractivity contribution in [1.29, 1.82) is 0 Å². The van der Waals surface area contributed by atoms with E-state index in [-0.39, 0.29) is 5.97 Å². The van der Waals surface area contributed by atoms with E-state index in [9.17, 15) is 4.79 Å². The van der Waals surface area contributed by atoms with Crippen LogP contribution < -0.4 is 0 Å². The molecule has 0 aliphatic rings. The molecule has 3 aromatic rings. The minimum atomic E-state index is -0.593. The summed E-state index contributed by atoms with van der Waals surface area (Å²) < 4.78 is 7.33. The molecule has 0 saturated heterocycles. The highest BCUT2D eigenvalue weighted by molar-refractivity contribution is 7.98. The Hall–Kier alpha value is -2.20. The minimum Gasteiger partial charge on any atom is -0.469 e. The standard InChI is InChI=1S/C25H31NO2S/c1-16(2)19-10-11-22-20(13-19)14-21(15-25(5,6)24(27)28-7)26(22)29-23-12-17(3)8-9-18(23)4/h8-14,16H,15H2,1-7H3. The summed E-state index contributed by atoms with van der Waals surface area (Å²) in [7, 11) is 1.46. The van der Waals surface area contributed by atoms with E-state index in [1.165, 1.54) is 39.6 Å². The van der Waals surface area contributed by atoms with Gasteiger partial charge >= 0.3 is 5.97 Å². The molecular formula is C25H31NO2S. The molecule has 0 bridgehead atoms. The second-order valence-corrected chi connectivity index (χ2v) is 9.80. The van der Waals surface area contributed by atoms with Crippen molar-refractivity contribution in [2.24, 2.45) is 5.41 Å². The molecular weight excluding hydrogens is 378 g/mol. The van der Waals surface area contributed by atoms with Crippen LogP contribution in [-0.2, 0) is 16.0 Å². The molecule has 0 unspecified atom stereocenters. The monoisotopic (exact) mass is 409 g/mol. The average molecular weight is 410 g/mol. The number of aryl methyl sites for hydroxylation is 2. The van der Waals surface area contributed by atoms with E-state index in [2.05, 4.69) is 74.1 Å².